The van der Waals surface area contributed by atoms with Gasteiger partial charge in [-0.3, -0.25) is 4.79 Å². The van der Waals surface area contributed by atoms with Crippen molar-refractivity contribution in [1.29, 1.82) is 0 Å². The minimum atomic E-state index is -0.655. The molecule has 2 rings (SSSR count). The first kappa shape index (κ1) is 16.4. The van der Waals surface area contributed by atoms with Crippen LogP contribution in [0.3, 0.4) is 0 Å². The number of unbranched alkanes of at least 4 members (excludes halogenated alkanes) is 1. The third-order valence-electron chi connectivity index (χ3n) is 3.73. The van der Waals surface area contributed by atoms with E-state index in [-0.39, 0.29) is 18.1 Å². The Morgan fingerprint density at radius 1 is 1.62 bits per heavy atom. The van der Waals surface area contributed by atoms with Crippen molar-refractivity contribution in [3.05, 3.63) is 22.4 Å². The van der Waals surface area contributed by atoms with Crippen molar-refractivity contribution in [1.82, 2.24) is 10.2 Å². The van der Waals surface area contributed by atoms with E-state index in [1.54, 1.807) is 6.07 Å². The van der Waals surface area contributed by atoms with Gasteiger partial charge in [0, 0.05) is 6.54 Å². The van der Waals surface area contributed by atoms with Crippen LogP contribution >= 0.6 is 11.3 Å². The molecule has 0 spiro atoms. The largest absolute Gasteiger partial charge is 0.388 e. The van der Waals surface area contributed by atoms with Gasteiger partial charge in [0.15, 0.2) is 0 Å². The zero-order valence-corrected chi connectivity index (χ0v) is 13.4. The van der Waals surface area contributed by atoms with E-state index in [1.165, 1.54) is 11.3 Å². The number of amides is 1. The number of likely N-dealkylation sites (N-methyl/N-ethyl adjacent to an activating group) is 1. The number of hydrogen-bond donors (Lipinski definition) is 2. The molecule has 0 aromatic carbocycles. The third-order valence-corrected chi connectivity index (χ3v) is 4.60. The fourth-order valence-corrected chi connectivity index (χ4v) is 3.07. The molecule has 21 heavy (non-hydrogen) atoms. The maximum absolute atomic E-state index is 12.0. The first-order chi connectivity index (χ1) is 10.1. The summed E-state index contributed by atoms with van der Waals surface area (Å²) in [7, 11) is 2.03. The number of ether oxygens (including phenoxy) is 1. The summed E-state index contributed by atoms with van der Waals surface area (Å²) >= 11 is 1.39. The van der Waals surface area contributed by atoms with E-state index in [9.17, 15) is 9.90 Å². The number of rotatable bonds is 7. The summed E-state index contributed by atoms with van der Waals surface area (Å²) < 4.78 is 5.64. The van der Waals surface area contributed by atoms with Crippen LogP contribution in [-0.2, 0) is 4.74 Å². The number of thiophene rings is 1. The molecular weight excluding hydrogens is 288 g/mol. The molecule has 1 amide bonds. The number of aliphatic hydroxyl groups is 1. The highest BCUT2D eigenvalue weighted by Crippen LogP contribution is 2.17. The second-order valence-corrected chi connectivity index (χ2v) is 6.48. The average Bonchev–Trinajstić information content (AvgIpc) is 3.10. The number of aliphatic hydroxyl groups excluding tert-OH is 1. The number of hydrogen-bond acceptors (Lipinski definition) is 5. The smallest absolute Gasteiger partial charge is 0.261 e. The van der Waals surface area contributed by atoms with Gasteiger partial charge in [0.25, 0.3) is 5.91 Å². The standard InChI is InChI=1S/C15H24N2O3S/c1-3-4-7-17(2)9-12-14(18)11(10-20-12)16-15(19)13-6-5-8-21-13/h5-6,8,11-12,14,18H,3-4,7,9-10H2,1-2H3,(H,16,19)/t11-,12-,14+/m0/s1. The monoisotopic (exact) mass is 312 g/mol. The molecule has 1 fully saturated rings. The molecular formula is C15H24N2O3S. The summed E-state index contributed by atoms with van der Waals surface area (Å²) in [5, 5.41) is 15.0. The Morgan fingerprint density at radius 3 is 3.10 bits per heavy atom. The van der Waals surface area contributed by atoms with E-state index in [4.69, 9.17) is 4.74 Å². The lowest BCUT2D eigenvalue weighted by Gasteiger charge is -2.23. The predicted octanol–water partition coefficient (Wildman–Crippen LogP) is 1.34. The summed E-state index contributed by atoms with van der Waals surface area (Å²) in [6.07, 6.45) is 1.40. The molecule has 5 nitrogen and oxygen atoms in total. The summed E-state index contributed by atoms with van der Waals surface area (Å²) in [5.41, 5.74) is 0. The van der Waals surface area contributed by atoms with Gasteiger partial charge in [0.05, 0.1) is 23.6 Å². The first-order valence-electron chi connectivity index (χ1n) is 7.44. The quantitative estimate of drug-likeness (QED) is 0.797. The lowest BCUT2D eigenvalue weighted by molar-refractivity contribution is 0.0199. The van der Waals surface area contributed by atoms with Crippen molar-refractivity contribution >= 4 is 17.2 Å². The van der Waals surface area contributed by atoms with Gasteiger partial charge < -0.3 is 20.1 Å². The van der Waals surface area contributed by atoms with Crippen LogP contribution in [0.4, 0.5) is 0 Å². The van der Waals surface area contributed by atoms with Gasteiger partial charge in [-0.1, -0.05) is 19.4 Å². The van der Waals surface area contributed by atoms with Gasteiger partial charge in [0.1, 0.15) is 6.10 Å². The third kappa shape index (κ3) is 4.51. The molecule has 0 radical (unpaired) electrons. The second-order valence-electron chi connectivity index (χ2n) is 5.54. The van der Waals surface area contributed by atoms with Gasteiger partial charge in [-0.25, -0.2) is 0 Å². The van der Waals surface area contributed by atoms with Crippen LogP contribution in [0.15, 0.2) is 17.5 Å². The Kier molecular flexibility index (Phi) is 6.17. The molecule has 0 aliphatic carbocycles. The maximum Gasteiger partial charge on any atom is 0.261 e. The molecule has 1 aliphatic rings. The van der Waals surface area contributed by atoms with Crippen molar-refractivity contribution in [2.45, 2.75) is 38.0 Å². The van der Waals surface area contributed by atoms with Gasteiger partial charge in [0.2, 0.25) is 0 Å². The summed E-state index contributed by atoms with van der Waals surface area (Å²) in [6.45, 7) is 4.21. The Balaban J connectivity index is 1.81. The Morgan fingerprint density at radius 2 is 2.43 bits per heavy atom. The van der Waals surface area contributed by atoms with Crippen LogP contribution in [0, 0.1) is 0 Å². The fraction of sp³-hybridized carbons (Fsp3) is 0.667. The van der Waals surface area contributed by atoms with Crippen molar-refractivity contribution in [2.75, 3.05) is 26.7 Å². The van der Waals surface area contributed by atoms with E-state index < -0.39 is 6.10 Å². The summed E-state index contributed by atoms with van der Waals surface area (Å²) in [5.74, 6) is -0.141. The lowest BCUT2D eigenvalue weighted by Crippen LogP contribution is -2.46. The van der Waals surface area contributed by atoms with Crippen LogP contribution in [0.25, 0.3) is 0 Å². The molecule has 0 saturated carbocycles. The van der Waals surface area contributed by atoms with Gasteiger partial charge in [-0.15, -0.1) is 11.3 Å². The molecule has 0 bridgehead atoms. The highest BCUT2D eigenvalue weighted by Gasteiger charge is 2.37. The van der Waals surface area contributed by atoms with Gasteiger partial charge in [-0.2, -0.15) is 0 Å². The maximum atomic E-state index is 12.0. The van der Waals surface area contributed by atoms with E-state index in [0.29, 0.717) is 18.0 Å². The molecule has 1 aliphatic heterocycles. The predicted molar refractivity (Wildman–Crippen MR) is 83.7 cm³/mol. The van der Waals surface area contributed by atoms with E-state index in [2.05, 4.69) is 17.1 Å². The van der Waals surface area contributed by atoms with Crippen LogP contribution in [0.2, 0.25) is 0 Å². The van der Waals surface area contributed by atoms with Crippen molar-refractivity contribution in [3.8, 4) is 0 Å². The minimum absolute atomic E-state index is 0.141. The van der Waals surface area contributed by atoms with Crippen LogP contribution < -0.4 is 5.32 Å². The van der Waals surface area contributed by atoms with E-state index >= 15 is 0 Å². The van der Waals surface area contributed by atoms with Crippen molar-refractivity contribution in [2.24, 2.45) is 0 Å². The molecule has 0 unspecified atom stereocenters. The normalized spacial score (nSPS) is 25.4. The SMILES string of the molecule is CCCCN(C)C[C@@H]1OC[C@H](NC(=O)c2cccs2)[C@H]1O. The Labute approximate surface area is 129 Å². The molecule has 118 valence electrons. The molecule has 1 saturated heterocycles. The van der Waals surface area contributed by atoms with Crippen LogP contribution in [-0.4, -0.2) is 60.9 Å². The van der Waals surface area contributed by atoms with Crippen molar-refractivity contribution in [3.63, 3.8) is 0 Å². The summed E-state index contributed by atoms with van der Waals surface area (Å²) in [4.78, 5) is 14.8. The second kappa shape index (κ2) is 7.89. The van der Waals surface area contributed by atoms with E-state index in [0.717, 1.165) is 19.4 Å². The molecule has 1 aromatic rings. The topological polar surface area (TPSA) is 61.8 Å². The molecule has 6 heteroatoms. The lowest BCUT2D eigenvalue weighted by atomic mass is 10.1. The minimum Gasteiger partial charge on any atom is -0.388 e. The first-order valence-corrected chi connectivity index (χ1v) is 8.32. The molecule has 3 atom stereocenters. The fourth-order valence-electron chi connectivity index (χ4n) is 2.45. The van der Waals surface area contributed by atoms with Gasteiger partial charge >= 0.3 is 0 Å². The Hall–Kier alpha value is -0.950. The zero-order chi connectivity index (χ0) is 15.2. The molecule has 2 heterocycles. The number of nitrogens with zero attached hydrogens (tertiary/aromatic N) is 1. The number of carbonyl (C=O) groups is 1. The number of nitrogens with one attached hydrogen (secondary N) is 1. The summed E-state index contributed by atoms with van der Waals surface area (Å²) in [6, 6.07) is 3.29. The highest BCUT2D eigenvalue weighted by atomic mass is 32.1. The van der Waals surface area contributed by atoms with Crippen molar-refractivity contribution < 1.29 is 14.6 Å². The highest BCUT2D eigenvalue weighted by molar-refractivity contribution is 7.12. The van der Waals surface area contributed by atoms with Crippen LogP contribution in [0.5, 0.6) is 0 Å². The molecule has 2 N–H and O–H groups in total. The Bertz CT molecular complexity index is 438. The average molecular weight is 312 g/mol. The molecule has 1 aromatic heterocycles. The van der Waals surface area contributed by atoms with E-state index in [1.807, 2.05) is 18.5 Å². The zero-order valence-electron chi connectivity index (χ0n) is 12.6. The van der Waals surface area contributed by atoms with Crippen LogP contribution in [0.1, 0.15) is 29.4 Å². The van der Waals surface area contributed by atoms with Gasteiger partial charge in [-0.05, 0) is 31.5 Å². The number of carbonyl (C=O) groups excluding carboxylic acids is 1.